The molecule has 3 rings (SSSR count). The minimum atomic E-state index is 0.569. The summed E-state index contributed by atoms with van der Waals surface area (Å²) in [6.07, 6.45) is 1.78. The fraction of sp³-hybridized carbons (Fsp3) is 0.231. The molecule has 3 aromatic rings. The molecule has 0 fully saturated rings. The van der Waals surface area contributed by atoms with Crippen LogP contribution in [0.3, 0.4) is 0 Å². The van der Waals surface area contributed by atoms with Crippen molar-refractivity contribution in [2.45, 2.75) is 24.0 Å². The van der Waals surface area contributed by atoms with Crippen LogP contribution >= 0.6 is 23.1 Å². The molecule has 0 atom stereocenters. The molecule has 0 aliphatic heterocycles. The first-order valence-electron chi connectivity index (χ1n) is 6.03. The third-order valence-electron chi connectivity index (χ3n) is 2.56. The molecule has 98 valence electrons. The zero-order chi connectivity index (χ0) is 13.2. The van der Waals surface area contributed by atoms with E-state index in [2.05, 4.69) is 52.5 Å². The number of nitrogens with one attached hydrogen (secondary N) is 2. The van der Waals surface area contributed by atoms with Gasteiger partial charge in [0, 0.05) is 27.1 Å². The summed E-state index contributed by atoms with van der Waals surface area (Å²) < 4.78 is 0. The molecule has 0 unspecified atom stereocenters. The van der Waals surface area contributed by atoms with Crippen molar-refractivity contribution in [2.24, 2.45) is 0 Å². The maximum absolute atomic E-state index is 4.31. The fourth-order valence-electron chi connectivity index (χ4n) is 1.82. The van der Waals surface area contributed by atoms with E-state index in [-0.39, 0.29) is 0 Å². The Balaban J connectivity index is 1.95. The van der Waals surface area contributed by atoms with E-state index >= 15 is 0 Å². The normalized spacial score (nSPS) is 11.3. The minimum absolute atomic E-state index is 0.569. The number of aromatic nitrogens is 3. The lowest BCUT2D eigenvalue weighted by molar-refractivity contribution is 1.11. The third kappa shape index (κ3) is 2.74. The maximum atomic E-state index is 4.31. The van der Waals surface area contributed by atoms with Crippen molar-refractivity contribution in [3.63, 3.8) is 0 Å². The van der Waals surface area contributed by atoms with Crippen molar-refractivity contribution >= 4 is 45.0 Å². The second kappa shape index (κ2) is 5.22. The van der Waals surface area contributed by atoms with Crippen LogP contribution in [0.15, 0.2) is 34.7 Å². The molecule has 0 spiro atoms. The number of thioether (sulfide) groups is 1. The highest BCUT2D eigenvalue weighted by molar-refractivity contribution is 7.99. The van der Waals surface area contributed by atoms with Crippen LogP contribution in [0.25, 0.3) is 10.9 Å². The van der Waals surface area contributed by atoms with E-state index < -0.39 is 0 Å². The van der Waals surface area contributed by atoms with Gasteiger partial charge in [-0.2, -0.15) is 5.10 Å². The Morgan fingerprint density at radius 3 is 3.00 bits per heavy atom. The summed E-state index contributed by atoms with van der Waals surface area (Å²) in [7, 11) is 0. The van der Waals surface area contributed by atoms with Gasteiger partial charge in [0.15, 0.2) is 10.9 Å². The van der Waals surface area contributed by atoms with E-state index in [0.717, 1.165) is 21.9 Å². The lowest BCUT2D eigenvalue weighted by atomic mass is 10.2. The van der Waals surface area contributed by atoms with Crippen molar-refractivity contribution in [2.75, 3.05) is 5.32 Å². The van der Waals surface area contributed by atoms with Gasteiger partial charge in [-0.05, 0) is 18.2 Å². The molecule has 19 heavy (non-hydrogen) atoms. The van der Waals surface area contributed by atoms with E-state index in [4.69, 9.17) is 0 Å². The molecule has 0 bridgehead atoms. The number of aromatic amines is 1. The van der Waals surface area contributed by atoms with Crippen molar-refractivity contribution in [1.82, 2.24) is 15.2 Å². The van der Waals surface area contributed by atoms with Crippen molar-refractivity contribution in [3.8, 4) is 0 Å². The van der Waals surface area contributed by atoms with Gasteiger partial charge in [-0.25, -0.2) is 4.98 Å². The van der Waals surface area contributed by atoms with Crippen LogP contribution in [0.2, 0.25) is 0 Å². The summed E-state index contributed by atoms with van der Waals surface area (Å²) in [4.78, 5) is 5.47. The molecular formula is C13H14N4S2. The van der Waals surface area contributed by atoms with Crippen molar-refractivity contribution in [1.29, 1.82) is 0 Å². The van der Waals surface area contributed by atoms with Crippen LogP contribution in [0.1, 0.15) is 13.8 Å². The lowest BCUT2D eigenvalue weighted by Crippen LogP contribution is -1.90. The summed E-state index contributed by atoms with van der Waals surface area (Å²) in [5.74, 6) is 0.830. The Morgan fingerprint density at radius 2 is 2.26 bits per heavy atom. The van der Waals surface area contributed by atoms with Crippen molar-refractivity contribution in [3.05, 3.63) is 29.8 Å². The molecular weight excluding hydrogens is 276 g/mol. The van der Waals surface area contributed by atoms with Gasteiger partial charge < -0.3 is 5.32 Å². The molecule has 1 aromatic carbocycles. The highest BCUT2D eigenvalue weighted by Gasteiger charge is 2.08. The van der Waals surface area contributed by atoms with Gasteiger partial charge in [-0.15, -0.1) is 23.1 Å². The average molecular weight is 290 g/mol. The van der Waals surface area contributed by atoms with E-state index in [1.54, 1.807) is 17.5 Å². The van der Waals surface area contributed by atoms with E-state index in [9.17, 15) is 0 Å². The largest absolute Gasteiger partial charge is 0.314 e. The smallest absolute Gasteiger partial charge is 0.188 e. The summed E-state index contributed by atoms with van der Waals surface area (Å²) in [6.45, 7) is 4.39. The number of H-pyrrole nitrogens is 1. The standard InChI is InChI=1S/C13H14N4S2/c1-8(2)19-9-3-4-11-10(7-9)12(17-16-11)15-13-14-5-6-18-13/h3-8H,1-2H3,(H2,14,15,16,17). The molecule has 4 nitrogen and oxygen atoms in total. The van der Waals surface area contributed by atoms with Gasteiger partial charge in [0.05, 0.1) is 5.52 Å². The Hall–Kier alpha value is -1.53. The number of thiazole rings is 1. The quantitative estimate of drug-likeness (QED) is 0.705. The van der Waals surface area contributed by atoms with Crippen LogP contribution in [0, 0.1) is 0 Å². The van der Waals surface area contributed by atoms with Crippen molar-refractivity contribution < 1.29 is 0 Å². The molecule has 0 saturated heterocycles. The van der Waals surface area contributed by atoms with Gasteiger partial charge in [0.1, 0.15) is 0 Å². The predicted molar refractivity (Wildman–Crippen MR) is 82.5 cm³/mol. The summed E-state index contributed by atoms with van der Waals surface area (Å²) >= 11 is 3.41. The molecule has 2 N–H and O–H groups in total. The summed E-state index contributed by atoms with van der Waals surface area (Å²) in [5, 5.41) is 15.1. The maximum Gasteiger partial charge on any atom is 0.188 e. The SMILES string of the molecule is CC(C)Sc1ccc2[nH]nc(Nc3nccs3)c2c1. The topological polar surface area (TPSA) is 53.6 Å². The van der Waals surface area contributed by atoms with E-state index in [1.165, 1.54) is 4.90 Å². The second-order valence-electron chi connectivity index (χ2n) is 4.41. The molecule has 2 aromatic heterocycles. The zero-order valence-electron chi connectivity index (χ0n) is 10.7. The third-order valence-corrected chi connectivity index (χ3v) is 4.25. The van der Waals surface area contributed by atoms with Gasteiger partial charge in [-0.3, -0.25) is 5.10 Å². The first kappa shape index (κ1) is 12.5. The molecule has 0 radical (unpaired) electrons. The highest BCUT2D eigenvalue weighted by Crippen LogP contribution is 2.30. The zero-order valence-corrected chi connectivity index (χ0v) is 12.3. The van der Waals surface area contributed by atoms with Crippen LogP contribution in [0.4, 0.5) is 10.9 Å². The number of hydrogen-bond donors (Lipinski definition) is 2. The van der Waals surface area contributed by atoms with Crippen LogP contribution in [0.5, 0.6) is 0 Å². The van der Waals surface area contributed by atoms with Crippen LogP contribution in [-0.2, 0) is 0 Å². The number of rotatable bonds is 4. The fourth-order valence-corrected chi connectivity index (χ4v) is 3.23. The molecule has 2 heterocycles. The number of benzene rings is 1. The van der Waals surface area contributed by atoms with E-state index in [1.807, 2.05) is 17.1 Å². The minimum Gasteiger partial charge on any atom is -0.314 e. The Bertz CT molecular complexity index is 673. The molecule has 6 heteroatoms. The van der Waals surface area contributed by atoms with Crippen LogP contribution in [-0.4, -0.2) is 20.4 Å². The van der Waals surface area contributed by atoms with E-state index in [0.29, 0.717) is 5.25 Å². The summed E-state index contributed by atoms with van der Waals surface area (Å²) in [6, 6.07) is 6.36. The van der Waals surface area contributed by atoms with Gasteiger partial charge in [0.25, 0.3) is 0 Å². The average Bonchev–Trinajstić information content (AvgIpc) is 3.00. The second-order valence-corrected chi connectivity index (χ2v) is 6.95. The van der Waals surface area contributed by atoms with Gasteiger partial charge in [-0.1, -0.05) is 13.8 Å². The molecule has 0 aliphatic carbocycles. The monoisotopic (exact) mass is 290 g/mol. The predicted octanol–water partition coefficient (Wildman–Crippen LogP) is 4.26. The Morgan fingerprint density at radius 1 is 1.37 bits per heavy atom. The van der Waals surface area contributed by atoms with Crippen LogP contribution < -0.4 is 5.32 Å². The highest BCUT2D eigenvalue weighted by atomic mass is 32.2. The first-order chi connectivity index (χ1) is 9.22. The molecule has 0 saturated carbocycles. The Kier molecular flexibility index (Phi) is 3.44. The molecule has 0 amide bonds. The lowest BCUT2D eigenvalue weighted by Gasteiger charge is -2.05. The number of fused-ring (bicyclic) bond motifs is 1. The Labute approximate surface area is 119 Å². The summed E-state index contributed by atoms with van der Waals surface area (Å²) in [5.41, 5.74) is 1.03. The first-order valence-corrected chi connectivity index (χ1v) is 7.79. The number of nitrogens with zero attached hydrogens (tertiary/aromatic N) is 2. The number of anilines is 2. The molecule has 0 aliphatic rings. The number of hydrogen-bond acceptors (Lipinski definition) is 5. The van der Waals surface area contributed by atoms with Gasteiger partial charge >= 0.3 is 0 Å². The van der Waals surface area contributed by atoms with Gasteiger partial charge in [0.2, 0.25) is 0 Å².